The van der Waals surface area contributed by atoms with Gasteiger partial charge in [0.1, 0.15) is 11.5 Å². The Morgan fingerprint density at radius 1 is 0.769 bits per heavy atom. The fourth-order valence-electron chi connectivity index (χ4n) is 2.52. The fraction of sp³-hybridized carbons (Fsp3) is 0.143. The van der Waals surface area contributed by atoms with Gasteiger partial charge in [-0.2, -0.15) is 0 Å². The summed E-state index contributed by atoms with van der Waals surface area (Å²) < 4.78 is 11.3. The highest BCUT2D eigenvalue weighted by atomic mass is 16.5. The Labute approximate surface area is 150 Å². The van der Waals surface area contributed by atoms with Gasteiger partial charge in [-0.25, -0.2) is 4.79 Å². The lowest BCUT2D eigenvalue weighted by atomic mass is 10.1. The smallest absolute Gasteiger partial charge is 0.377 e. The third-order valence-corrected chi connectivity index (χ3v) is 3.86. The lowest BCUT2D eigenvalue weighted by Gasteiger charge is -2.09. The summed E-state index contributed by atoms with van der Waals surface area (Å²) in [5, 5.41) is 11.0. The van der Waals surface area contributed by atoms with Gasteiger partial charge in [-0.1, -0.05) is 30.3 Å². The van der Waals surface area contributed by atoms with E-state index >= 15 is 0 Å². The zero-order valence-corrected chi connectivity index (χ0v) is 14.1. The van der Waals surface area contributed by atoms with E-state index in [0.29, 0.717) is 25.4 Å². The van der Waals surface area contributed by atoms with Crippen LogP contribution in [0.2, 0.25) is 0 Å². The van der Waals surface area contributed by atoms with Gasteiger partial charge in [-0.15, -0.1) is 0 Å². The van der Waals surface area contributed by atoms with E-state index in [4.69, 9.17) is 14.6 Å². The minimum absolute atomic E-state index is 0.129. The first-order valence-corrected chi connectivity index (χ1v) is 8.25. The molecule has 0 saturated carbocycles. The second-order valence-electron chi connectivity index (χ2n) is 5.72. The van der Waals surface area contributed by atoms with Crippen LogP contribution in [-0.4, -0.2) is 30.1 Å². The molecule has 132 valence electrons. The second kappa shape index (κ2) is 8.16. The van der Waals surface area contributed by atoms with E-state index in [1.807, 2.05) is 36.4 Å². The van der Waals surface area contributed by atoms with Crippen molar-refractivity contribution in [2.24, 2.45) is 0 Å². The van der Waals surface area contributed by atoms with E-state index in [2.05, 4.69) is 6.07 Å². The van der Waals surface area contributed by atoms with Gasteiger partial charge in [-0.3, -0.25) is 4.79 Å². The largest absolute Gasteiger partial charge is 0.493 e. The molecule has 0 aromatic heterocycles. The molecule has 0 amide bonds. The normalized spacial score (nSPS) is 10.5. The van der Waals surface area contributed by atoms with Crippen molar-refractivity contribution in [2.75, 3.05) is 13.2 Å². The molecule has 0 radical (unpaired) electrons. The molecule has 3 aromatic carbocycles. The number of carbonyl (C=O) groups excluding carboxylic acids is 1. The second-order valence-corrected chi connectivity index (χ2v) is 5.72. The number of carbonyl (C=O) groups is 2. The van der Waals surface area contributed by atoms with E-state index in [0.717, 1.165) is 11.1 Å². The number of aliphatic carboxylic acids is 1. The van der Waals surface area contributed by atoms with Gasteiger partial charge >= 0.3 is 5.97 Å². The molecular formula is C21H18O5. The number of fused-ring (bicyclic) bond motifs is 1. The maximum atomic E-state index is 11.3. The molecule has 26 heavy (non-hydrogen) atoms. The lowest BCUT2D eigenvalue weighted by molar-refractivity contribution is -0.131. The van der Waals surface area contributed by atoms with E-state index in [-0.39, 0.29) is 5.56 Å². The number of hydrogen-bond acceptors (Lipinski definition) is 4. The number of carboxylic acid groups (broad SMARTS) is 1. The third kappa shape index (κ3) is 4.39. The summed E-state index contributed by atoms with van der Waals surface area (Å²) in [6.07, 6.45) is 0.697. The van der Waals surface area contributed by atoms with Crippen molar-refractivity contribution in [3.05, 3.63) is 72.3 Å². The van der Waals surface area contributed by atoms with Crippen LogP contribution in [-0.2, 0) is 4.79 Å². The monoisotopic (exact) mass is 350 g/mol. The van der Waals surface area contributed by atoms with E-state index in [1.165, 1.54) is 17.5 Å². The van der Waals surface area contributed by atoms with Crippen molar-refractivity contribution < 1.29 is 24.2 Å². The average molecular weight is 350 g/mol. The van der Waals surface area contributed by atoms with Crippen molar-refractivity contribution in [1.82, 2.24) is 0 Å². The van der Waals surface area contributed by atoms with Crippen LogP contribution in [0, 0.1) is 0 Å². The van der Waals surface area contributed by atoms with Crippen molar-refractivity contribution >= 4 is 22.5 Å². The highest BCUT2D eigenvalue weighted by molar-refractivity contribution is 6.39. The van der Waals surface area contributed by atoms with Crippen molar-refractivity contribution in [1.29, 1.82) is 0 Å². The maximum absolute atomic E-state index is 11.3. The lowest BCUT2D eigenvalue weighted by Crippen LogP contribution is -2.12. The summed E-state index contributed by atoms with van der Waals surface area (Å²) in [5.74, 6) is -0.997. The molecule has 0 saturated heterocycles. The Morgan fingerprint density at radius 3 is 2.08 bits per heavy atom. The standard InChI is InChI=1S/C21H18O5/c22-20(21(23)24)16-7-9-18(10-8-16)25-12-3-13-26-19-11-6-15-4-1-2-5-17(15)14-19/h1-2,4-11,14H,3,12-13H2,(H,23,24). The van der Waals surface area contributed by atoms with Gasteiger partial charge < -0.3 is 14.6 Å². The number of ketones is 1. The van der Waals surface area contributed by atoms with Crippen LogP contribution in [0.1, 0.15) is 16.8 Å². The van der Waals surface area contributed by atoms with Gasteiger partial charge in [0.25, 0.3) is 5.78 Å². The molecule has 0 aliphatic rings. The van der Waals surface area contributed by atoms with E-state index in [1.54, 1.807) is 12.1 Å². The van der Waals surface area contributed by atoms with E-state index < -0.39 is 11.8 Å². The number of hydrogen-bond donors (Lipinski definition) is 1. The van der Waals surface area contributed by atoms with Gasteiger partial charge in [0.2, 0.25) is 0 Å². The zero-order valence-electron chi connectivity index (χ0n) is 14.1. The molecule has 3 aromatic rings. The minimum Gasteiger partial charge on any atom is -0.493 e. The first-order chi connectivity index (χ1) is 12.6. The van der Waals surface area contributed by atoms with Gasteiger partial charge in [-0.05, 0) is 47.2 Å². The molecule has 5 heteroatoms. The molecule has 0 atom stereocenters. The molecule has 0 fully saturated rings. The Kier molecular flexibility index (Phi) is 5.49. The minimum atomic E-state index is -1.47. The third-order valence-electron chi connectivity index (χ3n) is 3.86. The van der Waals surface area contributed by atoms with Crippen molar-refractivity contribution in [3.8, 4) is 11.5 Å². The number of carboxylic acids is 1. The Bertz CT molecular complexity index is 915. The van der Waals surface area contributed by atoms with Crippen LogP contribution < -0.4 is 9.47 Å². The van der Waals surface area contributed by atoms with Crippen LogP contribution in [0.3, 0.4) is 0 Å². The highest BCUT2D eigenvalue weighted by Crippen LogP contribution is 2.20. The summed E-state index contributed by atoms with van der Waals surface area (Å²) in [5.41, 5.74) is 0.129. The maximum Gasteiger partial charge on any atom is 0.377 e. The quantitative estimate of drug-likeness (QED) is 0.378. The molecule has 0 aliphatic carbocycles. The zero-order chi connectivity index (χ0) is 18.4. The summed E-state index contributed by atoms with van der Waals surface area (Å²) in [6, 6.07) is 20.1. The van der Waals surface area contributed by atoms with Gasteiger partial charge in [0.15, 0.2) is 0 Å². The van der Waals surface area contributed by atoms with Crippen LogP contribution in [0.25, 0.3) is 10.8 Å². The van der Waals surface area contributed by atoms with E-state index in [9.17, 15) is 9.59 Å². The first-order valence-electron chi connectivity index (χ1n) is 8.25. The van der Waals surface area contributed by atoms with Crippen LogP contribution in [0.15, 0.2) is 66.7 Å². The van der Waals surface area contributed by atoms with Crippen LogP contribution in [0.4, 0.5) is 0 Å². The van der Waals surface area contributed by atoms with Crippen molar-refractivity contribution in [2.45, 2.75) is 6.42 Å². The number of ether oxygens (including phenoxy) is 2. The number of benzene rings is 3. The Hall–Kier alpha value is -3.34. The molecule has 0 spiro atoms. The van der Waals surface area contributed by atoms with Crippen LogP contribution in [0.5, 0.6) is 11.5 Å². The fourth-order valence-corrected chi connectivity index (χ4v) is 2.52. The number of rotatable bonds is 8. The Balaban J connectivity index is 1.43. The summed E-state index contributed by atoms with van der Waals surface area (Å²) in [7, 11) is 0. The topological polar surface area (TPSA) is 72.8 Å². The van der Waals surface area contributed by atoms with Gasteiger partial charge in [0, 0.05) is 12.0 Å². The predicted molar refractivity (Wildman–Crippen MR) is 98.0 cm³/mol. The highest BCUT2D eigenvalue weighted by Gasteiger charge is 2.13. The molecule has 0 heterocycles. The molecule has 0 aliphatic heterocycles. The molecular weight excluding hydrogens is 332 g/mol. The number of Topliss-reactive ketones (excluding diaryl/α,β-unsaturated/α-hetero) is 1. The summed E-state index contributed by atoms with van der Waals surface area (Å²) in [4.78, 5) is 21.9. The van der Waals surface area contributed by atoms with Crippen molar-refractivity contribution in [3.63, 3.8) is 0 Å². The first kappa shape index (κ1) is 17.5. The average Bonchev–Trinajstić information content (AvgIpc) is 2.67. The molecule has 1 N–H and O–H groups in total. The molecule has 0 bridgehead atoms. The summed E-state index contributed by atoms with van der Waals surface area (Å²) >= 11 is 0. The molecule has 0 unspecified atom stereocenters. The Morgan fingerprint density at radius 2 is 1.38 bits per heavy atom. The predicted octanol–water partition coefficient (Wildman–Crippen LogP) is 3.96. The van der Waals surface area contributed by atoms with Crippen LogP contribution >= 0.6 is 0 Å². The summed E-state index contributed by atoms with van der Waals surface area (Å²) in [6.45, 7) is 0.980. The van der Waals surface area contributed by atoms with Gasteiger partial charge in [0.05, 0.1) is 13.2 Å². The SMILES string of the molecule is O=C(O)C(=O)c1ccc(OCCCOc2ccc3ccccc3c2)cc1. The molecule has 5 nitrogen and oxygen atoms in total. The molecule has 3 rings (SSSR count).